The number of hydrogen-bond donors (Lipinski definition) is 2. The van der Waals surface area contributed by atoms with Gasteiger partial charge in [-0.05, 0) is 48.5 Å². The fourth-order valence-electron chi connectivity index (χ4n) is 2.47. The van der Waals surface area contributed by atoms with E-state index in [1.165, 1.54) is 0 Å². The molecule has 2 N–H and O–H groups in total. The van der Waals surface area contributed by atoms with E-state index in [0.29, 0.717) is 32.8 Å². The summed E-state index contributed by atoms with van der Waals surface area (Å²) in [5, 5.41) is 0.969. The van der Waals surface area contributed by atoms with Crippen LogP contribution in [0.4, 0.5) is 5.69 Å². The highest BCUT2D eigenvalue weighted by Crippen LogP contribution is 2.29. The van der Waals surface area contributed by atoms with Crippen LogP contribution in [0.3, 0.4) is 0 Å². The van der Waals surface area contributed by atoms with E-state index in [0.717, 1.165) is 11.1 Å². The number of fused-ring (bicyclic) bond motifs is 1. The Morgan fingerprint density at radius 3 is 2.60 bits per heavy atom. The summed E-state index contributed by atoms with van der Waals surface area (Å²) in [6, 6.07) is 14.4. The first-order valence-corrected chi connectivity index (χ1v) is 8.15. The maximum atomic E-state index is 11.3. The van der Waals surface area contributed by atoms with Gasteiger partial charge in [-0.1, -0.05) is 23.2 Å². The quantitative estimate of drug-likeness (QED) is 0.487. The Morgan fingerprint density at radius 2 is 1.76 bits per heavy atom. The van der Waals surface area contributed by atoms with Gasteiger partial charge in [-0.2, -0.15) is 0 Å². The lowest BCUT2D eigenvalue weighted by molar-refractivity contribution is 0.575. The van der Waals surface area contributed by atoms with Crippen LogP contribution in [0, 0.1) is 0 Å². The number of hydrogen-bond acceptors (Lipinski definition) is 3. The summed E-state index contributed by atoms with van der Waals surface area (Å²) in [6.45, 7) is 0. The predicted octanol–water partition coefficient (Wildman–Crippen LogP) is 5.17. The summed E-state index contributed by atoms with van der Waals surface area (Å²) < 4.78 is 5.76. The lowest BCUT2D eigenvalue weighted by Crippen LogP contribution is -1.99. The van der Waals surface area contributed by atoms with Crippen LogP contribution in [0.1, 0.15) is 5.76 Å². The molecular weight excluding hydrogens is 361 g/mol. The largest absolute Gasteiger partial charge is 0.455 e. The summed E-state index contributed by atoms with van der Waals surface area (Å²) >= 11 is 12.0. The number of furan rings is 1. The number of rotatable bonds is 3. The number of H-pyrrole nitrogens is 2. The van der Waals surface area contributed by atoms with Crippen molar-refractivity contribution in [2.75, 3.05) is 0 Å². The van der Waals surface area contributed by atoms with Gasteiger partial charge in [-0.15, -0.1) is 0 Å². The number of nitrogens with one attached hydrogen (secondary N) is 2. The van der Waals surface area contributed by atoms with Crippen molar-refractivity contribution in [3.63, 3.8) is 0 Å². The molecule has 2 aromatic carbocycles. The van der Waals surface area contributed by atoms with E-state index in [9.17, 15) is 4.79 Å². The van der Waals surface area contributed by atoms with Gasteiger partial charge in [0.1, 0.15) is 11.5 Å². The average molecular weight is 372 g/mol. The molecule has 7 heteroatoms. The van der Waals surface area contributed by atoms with Gasteiger partial charge in [0.15, 0.2) is 0 Å². The molecule has 0 atom stereocenters. The molecule has 0 saturated carbocycles. The molecule has 0 radical (unpaired) electrons. The molecule has 25 heavy (non-hydrogen) atoms. The summed E-state index contributed by atoms with van der Waals surface area (Å²) in [5.74, 6) is 1.27. The molecule has 0 bridgehead atoms. The number of imidazole rings is 1. The van der Waals surface area contributed by atoms with Crippen LogP contribution in [0.25, 0.3) is 22.4 Å². The number of aliphatic imine (C=N–C) groups is 1. The number of benzene rings is 2. The summed E-state index contributed by atoms with van der Waals surface area (Å²) in [7, 11) is 0. The zero-order chi connectivity index (χ0) is 17.4. The van der Waals surface area contributed by atoms with Crippen molar-refractivity contribution >= 4 is 46.1 Å². The zero-order valence-electron chi connectivity index (χ0n) is 12.7. The number of aromatic nitrogens is 2. The minimum absolute atomic E-state index is 0.242. The maximum absolute atomic E-state index is 11.3. The minimum atomic E-state index is -0.242. The minimum Gasteiger partial charge on any atom is -0.455 e. The fraction of sp³-hybridized carbons (Fsp3) is 0. The Balaban J connectivity index is 1.59. The van der Waals surface area contributed by atoms with Crippen molar-refractivity contribution in [3.05, 3.63) is 74.8 Å². The Hall–Kier alpha value is -2.76. The molecule has 2 heterocycles. The Morgan fingerprint density at radius 1 is 0.920 bits per heavy atom. The highest BCUT2D eigenvalue weighted by molar-refractivity contribution is 6.42. The Bertz CT molecular complexity index is 1150. The molecule has 0 aliphatic rings. The topological polar surface area (TPSA) is 74.2 Å². The fourth-order valence-corrected chi connectivity index (χ4v) is 2.76. The molecule has 4 rings (SSSR count). The van der Waals surface area contributed by atoms with Crippen LogP contribution < -0.4 is 5.69 Å². The Labute approximate surface area is 151 Å². The molecule has 5 nitrogen and oxygen atoms in total. The van der Waals surface area contributed by atoms with Crippen LogP contribution in [-0.2, 0) is 0 Å². The lowest BCUT2D eigenvalue weighted by atomic mass is 10.2. The Kier molecular flexibility index (Phi) is 3.95. The van der Waals surface area contributed by atoms with Crippen molar-refractivity contribution < 1.29 is 4.42 Å². The van der Waals surface area contributed by atoms with Gasteiger partial charge >= 0.3 is 5.69 Å². The molecule has 0 spiro atoms. The molecular formula is C18H11Cl2N3O2. The highest BCUT2D eigenvalue weighted by Gasteiger charge is 2.06. The second-order valence-corrected chi connectivity index (χ2v) is 6.21. The first-order valence-electron chi connectivity index (χ1n) is 7.40. The second kappa shape index (κ2) is 6.27. The van der Waals surface area contributed by atoms with E-state index < -0.39 is 0 Å². The maximum Gasteiger partial charge on any atom is 0.323 e. The van der Waals surface area contributed by atoms with Gasteiger partial charge in [-0.3, -0.25) is 4.99 Å². The van der Waals surface area contributed by atoms with Crippen LogP contribution in [0.15, 0.2) is 62.7 Å². The first-order chi connectivity index (χ1) is 12.1. The standard InChI is InChI=1S/C18H11Cl2N3O2/c19-13-4-1-10(7-14(13)20)17-6-3-12(25-17)9-21-11-2-5-15-16(8-11)23-18(24)22-15/h1-9H,(H2,22,23,24). The highest BCUT2D eigenvalue weighted by atomic mass is 35.5. The van der Waals surface area contributed by atoms with Gasteiger partial charge in [0, 0.05) is 5.56 Å². The number of aromatic amines is 2. The van der Waals surface area contributed by atoms with Gasteiger partial charge in [0.25, 0.3) is 0 Å². The van der Waals surface area contributed by atoms with E-state index in [-0.39, 0.29) is 5.69 Å². The van der Waals surface area contributed by atoms with Crippen molar-refractivity contribution in [1.29, 1.82) is 0 Å². The van der Waals surface area contributed by atoms with E-state index in [4.69, 9.17) is 27.6 Å². The van der Waals surface area contributed by atoms with Gasteiger partial charge in [0.2, 0.25) is 0 Å². The summed E-state index contributed by atoms with van der Waals surface area (Å²) in [6.07, 6.45) is 1.62. The van der Waals surface area contributed by atoms with E-state index >= 15 is 0 Å². The monoisotopic (exact) mass is 371 g/mol. The molecule has 0 fully saturated rings. The molecule has 0 amide bonds. The lowest BCUT2D eigenvalue weighted by Gasteiger charge is -1.99. The third-order valence-electron chi connectivity index (χ3n) is 3.67. The SMILES string of the molecule is O=c1[nH]c2ccc(N=Cc3ccc(-c4ccc(Cl)c(Cl)c4)o3)cc2[nH]1. The van der Waals surface area contributed by atoms with E-state index in [1.807, 2.05) is 24.3 Å². The summed E-state index contributed by atoms with van der Waals surface area (Å²) in [5.41, 5.74) is 2.74. The van der Waals surface area contributed by atoms with Crippen molar-refractivity contribution in [1.82, 2.24) is 9.97 Å². The van der Waals surface area contributed by atoms with Crippen molar-refractivity contribution in [2.24, 2.45) is 4.99 Å². The summed E-state index contributed by atoms with van der Waals surface area (Å²) in [4.78, 5) is 21.0. The normalized spacial score (nSPS) is 11.6. The molecule has 0 aliphatic carbocycles. The second-order valence-electron chi connectivity index (χ2n) is 5.40. The molecule has 124 valence electrons. The molecule has 4 aromatic rings. The molecule has 0 unspecified atom stereocenters. The van der Waals surface area contributed by atoms with E-state index in [1.54, 1.807) is 30.5 Å². The van der Waals surface area contributed by atoms with E-state index in [2.05, 4.69) is 15.0 Å². The molecule has 0 saturated heterocycles. The van der Waals surface area contributed by atoms with Crippen molar-refractivity contribution in [3.8, 4) is 11.3 Å². The van der Waals surface area contributed by atoms with Crippen LogP contribution in [0.5, 0.6) is 0 Å². The first kappa shape index (κ1) is 15.7. The number of nitrogens with zero attached hydrogens (tertiary/aromatic N) is 1. The molecule has 2 aromatic heterocycles. The van der Waals surface area contributed by atoms with Gasteiger partial charge in [-0.25, -0.2) is 4.79 Å². The predicted molar refractivity (Wildman–Crippen MR) is 100 cm³/mol. The van der Waals surface area contributed by atoms with Crippen LogP contribution in [0.2, 0.25) is 10.0 Å². The van der Waals surface area contributed by atoms with Gasteiger partial charge < -0.3 is 14.4 Å². The zero-order valence-corrected chi connectivity index (χ0v) is 14.2. The smallest absolute Gasteiger partial charge is 0.323 e. The average Bonchev–Trinajstić information content (AvgIpc) is 3.20. The van der Waals surface area contributed by atoms with Crippen LogP contribution in [-0.4, -0.2) is 16.2 Å². The third-order valence-corrected chi connectivity index (χ3v) is 4.41. The van der Waals surface area contributed by atoms with Crippen molar-refractivity contribution in [2.45, 2.75) is 0 Å². The number of halogens is 2. The molecule has 0 aliphatic heterocycles. The van der Waals surface area contributed by atoms with Crippen LogP contribution >= 0.6 is 23.2 Å². The van der Waals surface area contributed by atoms with Gasteiger partial charge in [0.05, 0.1) is 33.0 Å². The third kappa shape index (κ3) is 3.24.